The van der Waals surface area contributed by atoms with Crippen LogP contribution in [0.4, 0.5) is 5.69 Å². The first-order valence-corrected chi connectivity index (χ1v) is 8.78. The van der Waals surface area contributed by atoms with E-state index >= 15 is 0 Å². The maximum atomic E-state index is 12.4. The number of benzene rings is 1. The Kier molecular flexibility index (Phi) is 5.63. The topological polar surface area (TPSA) is 94.2 Å². The number of esters is 1. The van der Waals surface area contributed by atoms with Crippen LogP contribution in [0.5, 0.6) is 11.5 Å². The van der Waals surface area contributed by atoms with Gasteiger partial charge in [-0.3, -0.25) is 14.4 Å². The minimum Gasteiger partial charge on any atom is -0.486 e. The zero-order chi connectivity index (χ0) is 19.4. The first kappa shape index (κ1) is 18.8. The summed E-state index contributed by atoms with van der Waals surface area (Å²) in [6.45, 7) is 6.42. The van der Waals surface area contributed by atoms with Gasteiger partial charge in [-0.15, -0.1) is 6.58 Å². The third-order valence-electron chi connectivity index (χ3n) is 4.38. The largest absolute Gasteiger partial charge is 0.486 e. The van der Waals surface area contributed by atoms with Crippen molar-refractivity contribution in [2.75, 3.05) is 31.2 Å². The van der Waals surface area contributed by atoms with Gasteiger partial charge in [0.2, 0.25) is 5.91 Å². The first-order valence-electron chi connectivity index (χ1n) is 8.78. The minimum atomic E-state index is -0.934. The lowest BCUT2D eigenvalue weighted by Gasteiger charge is -2.22. The van der Waals surface area contributed by atoms with Crippen molar-refractivity contribution in [1.82, 2.24) is 5.32 Å². The van der Waals surface area contributed by atoms with E-state index in [1.165, 1.54) is 17.9 Å². The van der Waals surface area contributed by atoms with Crippen molar-refractivity contribution < 1.29 is 28.6 Å². The van der Waals surface area contributed by atoms with Crippen molar-refractivity contribution in [1.29, 1.82) is 0 Å². The summed E-state index contributed by atoms with van der Waals surface area (Å²) in [4.78, 5) is 38.0. The Morgan fingerprint density at radius 2 is 2.11 bits per heavy atom. The molecule has 1 saturated heterocycles. The molecule has 0 unspecified atom stereocenters. The Hall–Kier alpha value is -3.03. The van der Waals surface area contributed by atoms with Crippen LogP contribution in [0.3, 0.4) is 0 Å². The van der Waals surface area contributed by atoms with Crippen molar-refractivity contribution in [3.63, 3.8) is 0 Å². The zero-order valence-electron chi connectivity index (χ0n) is 15.1. The molecular formula is C19H22N2O6. The van der Waals surface area contributed by atoms with Gasteiger partial charge in [0.25, 0.3) is 5.91 Å². The molecule has 0 radical (unpaired) electrons. The van der Waals surface area contributed by atoms with Gasteiger partial charge in [0.1, 0.15) is 13.2 Å². The molecule has 2 atom stereocenters. The Labute approximate surface area is 157 Å². The minimum absolute atomic E-state index is 0.0360. The highest BCUT2D eigenvalue weighted by Crippen LogP contribution is 2.36. The fraction of sp³-hybridized carbons (Fsp3) is 0.421. The maximum Gasteiger partial charge on any atom is 0.312 e. The average molecular weight is 374 g/mol. The second-order valence-corrected chi connectivity index (χ2v) is 6.35. The number of amides is 2. The molecule has 1 N–H and O–H groups in total. The second kappa shape index (κ2) is 8.11. The van der Waals surface area contributed by atoms with E-state index in [0.717, 1.165) is 0 Å². The van der Waals surface area contributed by atoms with E-state index in [0.29, 0.717) is 36.9 Å². The van der Waals surface area contributed by atoms with Crippen molar-refractivity contribution in [3.05, 3.63) is 30.9 Å². The van der Waals surface area contributed by atoms with Gasteiger partial charge in [-0.1, -0.05) is 6.08 Å². The molecule has 8 heteroatoms. The number of nitrogens with one attached hydrogen (secondary N) is 1. The van der Waals surface area contributed by atoms with Gasteiger partial charge in [-0.2, -0.15) is 0 Å². The Balaban J connectivity index is 1.62. The molecule has 2 amide bonds. The van der Waals surface area contributed by atoms with Crippen LogP contribution >= 0.6 is 0 Å². The number of fused-ring (bicyclic) bond motifs is 1. The number of rotatable bonds is 6. The standard InChI is InChI=1S/C19H22N2O6/c1-3-6-20-18(23)12(2)27-19(24)13-9-17(22)21(11-13)14-4-5-15-16(10-14)26-8-7-25-15/h3-5,10,12-13H,1,6-9,11H2,2H3,(H,20,23)/t12-,13+/m0/s1. The highest BCUT2D eigenvalue weighted by molar-refractivity contribution is 6.00. The van der Waals surface area contributed by atoms with Crippen molar-refractivity contribution in [3.8, 4) is 11.5 Å². The number of hydrogen-bond acceptors (Lipinski definition) is 6. The fourth-order valence-electron chi connectivity index (χ4n) is 2.96. The maximum absolute atomic E-state index is 12.4. The summed E-state index contributed by atoms with van der Waals surface area (Å²) >= 11 is 0. The van der Waals surface area contributed by atoms with Crippen LogP contribution in [0.15, 0.2) is 30.9 Å². The Morgan fingerprint density at radius 1 is 1.37 bits per heavy atom. The molecule has 0 saturated carbocycles. The summed E-state index contributed by atoms with van der Waals surface area (Å²) in [5.74, 6) is -0.573. The van der Waals surface area contributed by atoms with Gasteiger partial charge in [0, 0.05) is 31.3 Å². The smallest absolute Gasteiger partial charge is 0.312 e. The molecule has 2 aliphatic rings. The number of anilines is 1. The van der Waals surface area contributed by atoms with E-state index in [1.54, 1.807) is 18.2 Å². The molecule has 144 valence electrons. The second-order valence-electron chi connectivity index (χ2n) is 6.35. The Morgan fingerprint density at radius 3 is 2.85 bits per heavy atom. The molecule has 8 nitrogen and oxygen atoms in total. The third kappa shape index (κ3) is 4.21. The third-order valence-corrected chi connectivity index (χ3v) is 4.38. The predicted molar refractivity (Wildman–Crippen MR) is 96.7 cm³/mol. The van der Waals surface area contributed by atoms with Crippen LogP contribution in [0.25, 0.3) is 0 Å². The van der Waals surface area contributed by atoms with Crippen LogP contribution in [-0.4, -0.2) is 50.2 Å². The lowest BCUT2D eigenvalue weighted by molar-refractivity contribution is -0.158. The molecule has 0 aliphatic carbocycles. The van der Waals surface area contributed by atoms with Crippen molar-refractivity contribution >= 4 is 23.5 Å². The van der Waals surface area contributed by atoms with E-state index in [2.05, 4.69) is 11.9 Å². The summed E-state index contributed by atoms with van der Waals surface area (Å²) in [5.41, 5.74) is 0.635. The fourth-order valence-corrected chi connectivity index (χ4v) is 2.96. The van der Waals surface area contributed by atoms with Gasteiger partial charge in [0.05, 0.1) is 5.92 Å². The molecule has 2 aliphatic heterocycles. The lowest BCUT2D eigenvalue weighted by Crippen LogP contribution is -2.37. The van der Waals surface area contributed by atoms with Crippen LogP contribution in [0.1, 0.15) is 13.3 Å². The van der Waals surface area contributed by atoms with Crippen LogP contribution in [-0.2, 0) is 19.1 Å². The number of carbonyl (C=O) groups excluding carboxylic acids is 3. The summed E-state index contributed by atoms with van der Waals surface area (Å²) in [7, 11) is 0. The number of hydrogen-bond donors (Lipinski definition) is 1. The monoisotopic (exact) mass is 374 g/mol. The van der Waals surface area contributed by atoms with E-state index in [-0.39, 0.29) is 18.9 Å². The van der Waals surface area contributed by atoms with Crippen LogP contribution in [0.2, 0.25) is 0 Å². The molecule has 1 fully saturated rings. The highest BCUT2D eigenvalue weighted by atomic mass is 16.6. The first-order chi connectivity index (χ1) is 13.0. The molecule has 3 rings (SSSR count). The van der Waals surface area contributed by atoms with E-state index in [9.17, 15) is 14.4 Å². The quantitative estimate of drug-likeness (QED) is 0.591. The molecular weight excluding hydrogens is 352 g/mol. The molecule has 0 aromatic heterocycles. The average Bonchev–Trinajstić information content (AvgIpc) is 3.07. The summed E-state index contributed by atoms with van der Waals surface area (Å²) in [6, 6.07) is 5.23. The van der Waals surface area contributed by atoms with Crippen molar-refractivity contribution in [2.45, 2.75) is 19.4 Å². The lowest BCUT2D eigenvalue weighted by atomic mass is 10.1. The van der Waals surface area contributed by atoms with Gasteiger partial charge < -0.3 is 24.4 Å². The zero-order valence-corrected chi connectivity index (χ0v) is 15.1. The number of ether oxygens (including phenoxy) is 3. The van der Waals surface area contributed by atoms with E-state index < -0.39 is 23.9 Å². The van der Waals surface area contributed by atoms with Gasteiger partial charge >= 0.3 is 5.97 Å². The molecule has 0 spiro atoms. The Bertz CT molecular complexity index is 763. The highest BCUT2D eigenvalue weighted by Gasteiger charge is 2.37. The van der Waals surface area contributed by atoms with Gasteiger partial charge in [-0.05, 0) is 19.1 Å². The summed E-state index contributed by atoms with van der Waals surface area (Å²) in [6.07, 6.45) is 0.637. The number of nitrogens with zero attached hydrogens (tertiary/aromatic N) is 1. The van der Waals surface area contributed by atoms with Crippen LogP contribution < -0.4 is 19.7 Å². The molecule has 1 aromatic rings. The molecule has 27 heavy (non-hydrogen) atoms. The van der Waals surface area contributed by atoms with E-state index in [1.807, 2.05) is 0 Å². The normalized spacial score (nSPS) is 19.4. The molecule has 0 bridgehead atoms. The summed E-state index contributed by atoms with van der Waals surface area (Å²) < 4.78 is 16.2. The SMILES string of the molecule is C=CCNC(=O)[C@H](C)OC(=O)[C@@H]1CC(=O)N(c2ccc3c(c2)OCCO3)C1. The molecule has 1 aromatic carbocycles. The summed E-state index contributed by atoms with van der Waals surface area (Å²) in [5, 5.41) is 2.56. The van der Waals surface area contributed by atoms with E-state index in [4.69, 9.17) is 14.2 Å². The van der Waals surface area contributed by atoms with Gasteiger partial charge in [-0.25, -0.2) is 0 Å². The molecule has 2 heterocycles. The van der Waals surface area contributed by atoms with Crippen LogP contribution in [0, 0.1) is 5.92 Å². The van der Waals surface area contributed by atoms with Gasteiger partial charge in [0.15, 0.2) is 17.6 Å². The number of carbonyl (C=O) groups is 3. The predicted octanol–water partition coefficient (Wildman–Crippen LogP) is 1.04. The van der Waals surface area contributed by atoms with Crippen molar-refractivity contribution in [2.24, 2.45) is 5.92 Å².